The highest BCUT2D eigenvalue weighted by Crippen LogP contribution is 2.31. The van der Waals surface area contributed by atoms with Crippen molar-refractivity contribution in [2.75, 3.05) is 0 Å². The normalized spacial score (nSPS) is 11.3. The minimum absolute atomic E-state index is 0.313. The van der Waals surface area contributed by atoms with Gasteiger partial charge in [-0.15, -0.1) is 0 Å². The van der Waals surface area contributed by atoms with Gasteiger partial charge in [-0.05, 0) is 53.9 Å². The van der Waals surface area contributed by atoms with Crippen LogP contribution in [0.5, 0.6) is 5.75 Å². The third kappa shape index (κ3) is 4.61. The number of aryl methyl sites for hydroxylation is 2. The molecule has 0 radical (unpaired) electrons. The van der Waals surface area contributed by atoms with Gasteiger partial charge in [0.05, 0.1) is 11.0 Å². The molecule has 6 rings (SSSR count). The van der Waals surface area contributed by atoms with E-state index in [0.29, 0.717) is 12.3 Å². The Morgan fingerprint density at radius 3 is 2.49 bits per heavy atom. The molecule has 0 aliphatic carbocycles. The van der Waals surface area contributed by atoms with Crippen molar-refractivity contribution >= 4 is 28.4 Å². The minimum Gasteiger partial charge on any atom is -0.449 e. The zero-order chi connectivity index (χ0) is 26.9. The molecule has 0 bridgehead atoms. The molecule has 0 atom stereocenters. The predicted molar refractivity (Wildman–Crippen MR) is 151 cm³/mol. The second kappa shape index (κ2) is 10.1. The van der Waals surface area contributed by atoms with E-state index in [9.17, 15) is 4.79 Å². The molecule has 1 N–H and O–H groups in total. The third-order valence-electron chi connectivity index (χ3n) is 6.88. The van der Waals surface area contributed by atoms with E-state index in [1.54, 1.807) is 18.3 Å². The summed E-state index contributed by atoms with van der Waals surface area (Å²) in [6.07, 6.45) is 2.32. The lowest BCUT2D eigenvalue weighted by atomic mass is 10.0. The molecule has 3 aromatic carbocycles. The molecule has 0 unspecified atom stereocenters. The topological polar surface area (TPSA) is 95.1 Å². The summed E-state index contributed by atoms with van der Waals surface area (Å²) in [7, 11) is 1.99. The van der Waals surface area contributed by atoms with E-state index < -0.39 is 6.16 Å². The Bertz CT molecular complexity index is 1820. The fourth-order valence-corrected chi connectivity index (χ4v) is 5.04. The van der Waals surface area contributed by atoms with E-state index in [2.05, 4.69) is 46.8 Å². The van der Waals surface area contributed by atoms with Crippen LogP contribution in [0, 0.1) is 0 Å². The number of carboxylic acid groups (broad SMARTS) is 1. The SMILES string of the molecule is CCCc1nc2ccc(-c3nc4cccnc4n3C)cc2n1Cc1ccc(-c2ccccc2OC(=O)O)cc1. The van der Waals surface area contributed by atoms with Crippen molar-refractivity contribution in [3.63, 3.8) is 0 Å². The standard InChI is InChI=1S/C31H27N5O3/c1-3-7-28-33-24-16-15-22(29-34-25-9-6-17-32-30(25)35(29)2)18-26(24)36(28)19-20-11-13-21(14-12-20)23-8-4-5-10-27(23)39-31(37)38/h4-6,8-18H,3,7,19H2,1-2H3,(H,37,38). The molecule has 0 saturated heterocycles. The first-order valence-corrected chi connectivity index (χ1v) is 12.9. The second-order valence-electron chi connectivity index (χ2n) is 9.47. The number of benzene rings is 3. The van der Waals surface area contributed by atoms with Gasteiger partial charge in [0.25, 0.3) is 0 Å². The third-order valence-corrected chi connectivity index (χ3v) is 6.88. The largest absolute Gasteiger partial charge is 0.511 e. The average Bonchev–Trinajstić information content (AvgIpc) is 3.46. The van der Waals surface area contributed by atoms with Crippen LogP contribution < -0.4 is 4.74 Å². The van der Waals surface area contributed by atoms with Gasteiger partial charge in [0.15, 0.2) is 5.65 Å². The van der Waals surface area contributed by atoms with Gasteiger partial charge in [-0.25, -0.2) is 19.7 Å². The van der Waals surface area contributed by atoms with Crippen molar-refractivity contribution < 1.29 is 14.6 Å². The summed E-state index contributed by atoms with van der Waals surface area (Å²) in [4.78, 5) is 25.4. The number of carbonyl (C=O) groups is 1. The Morgan fingerprint density at radius 2 is 1.72 bits per heavy atom. The van der Waals surface area contributed by atoms with Crippen LogP contribution in [0.25, 0.3) is 44.7 Å². The zero-order valence-corrected chi connectivity index (χ0v) is 21.7. The predicted octanol–water partition coefficient (Wildman–Crippen LogP) is 6.71. The van der Waals surface area contributed by atoms with Crippen LogP contribution >= 0.6 is 0 Å². The highest BCUT2D eigenvalue weighted by molar-refractivity contribution is 5.84. The van der Waals surface area contributed by atoms with Gasteiger partial charge in [-0.3, -0.25) is 0 Å². The summed E-state index contributed by atoms with van der Waals surface area (Å²) in [5.74, 6) is 2.22. The first kappa shape index (κ1) is 24.4. The molecule has 0 aliphatic heterocycles. The van der Waals surface area contributed by atoms with E-state index >= 15 is 0 Å². The highest BCUT2D eigenvalue weighted by atomic mass is 16.7. The molecule has 0 saturated carbocycles. The highest BCUT2D eigenvalue weighted by Gasteiger charge is 2.16. The molecule has 0 amide bonds. The number of ether oxygens (including phenoxy) is 1. The molecule has 3 aromatic heterocycles. The monoisotopic (exact) mass is 517 g/mol. The maximum atomic E-state index is 11.1. The van der Waals surface area contributed by atoms with E-state index in [1.165, 1.54) is 0 Å². The Labute approximate surface area is 225 Å². The van der Waals surface area contributed by atoms with Crippen LogP contribution in [0.1, 0.15) is 24.7 Å². The molecule has 6 aromatic rings. The van der Waals surface area contributed by atoms with Gasteiger partial charge in [0, 0.05) is 37.3 Å². The summed E-state index contributed by atoms with van der Waals surface area (Å²) in [6.45, 7) is 2.82. The lowest BCUT2D eigenvalue weighted by Crippen LogP contribution is -2.05. The number of fused-ring (bicyclic) bond motifs is 2. The van der Waals surface area contributed by atoms with E-state index in [1.807, 2.05) is 48.0 Å². The smallest absolute Gasteiger partial charge is 0.449 e. The summed E-state index contributed by atoms with van der Waals surface area (Å²) in [5, 5.41) is 9.09. The molecule has 8 heteroatoms. The molecular weight excluding hydrogens is 490 g/mol. The number of aromatic nitrogens is 5. The van der Waals surface area contributed by atoms with Gasteiger partial charge in [0.1, 0.15) is 22.9 Å². The van der Waals surface area contributed by atoms with Gasteiger partial charge < -0.3 is 19.0 Å². The van der Waals surface area contributed by atoms with Crippen LogP contribution in [-0.4, -0.2) is 35.3 Å². The van der Waals surface area contributed by atoms with Crippen molar-refractivity contribution in [3.05, 3.63) is 96.4 Å². The van der Waals surface area contributed by atoms with Crippen LogP contribution in [0.2, 0.25) is 0 Å². The van der Waals surface area contributed by atoms with Crippen molar-refractivity contribution in [2.45, 2.75) is 26.3 Å². The molecule has 194 valence electrons. The Balaban J connectivity index is 1.37. The Kier molecular flexibility index (Phi) is 6.28. The molecule has 8 nitrogen and oxygen atoms in total. The summed E-state index contributed by atoms with van der Waals surface area (Å²) in [6, 6.07) is 25.4. The van der Waals surface area contributed by atoms with Crippen molar-refractivity contribution in [1.29, 1.82) is 0 Å². The molecular formula is C31H27N5O3. The lowest BCUT2D eigenvalue weighted by molar-refractivity contribution is 0.144. The summed E-state index contributed by atoms with van der Waals surface area (Å²) < 4.78 is 9.27. The average molecular weight is 518 g/mol. The fraction of sp³-hybridized carbons (Fsp3) is 0.161. The van der Waals surface area contributed by atoms with E-state index in [-0.39, 0.29) is 0 Å². The van der Waals surface area contributed by atoms with Gasteiger partial charge >= 0.3 is 6.16 Å². The van der Waals surface area contributed by atoms with Crippen LogP contribution in [0.15, 0.2) is 85.1 Å². The fourth-order valence-electron chi connectivity index (χ4n) is 5.04. The number of rotatable bonds is 7. The van der Waals surface area contributed by atoms with Crippen LogP contribution in [0.4, 0.5) is 4.79 Å². The number of hydrogen-bond acceptors (Lipinski definition) is 5. The van der Waals surface area contributed by atoms with Crippen molar-refractivity contribution in [3.8, 4) is 28.3 Å². The van der Waals surface area contributed by atoms with Crippen molar-refractivity contribution in [1.82, 2.24) is 24.1 Å². The molecule has 0 spiro atoms. The quantitative estimate of drug-likeness (QED) is 0.187. The van der Waals surface area contributed by atoms with Crippen LogP contribution in [-0.2, 0) is 20.0 Å². The number of pyridine rings is 1. The number of imidazole rings is 2. The first-order valence-electron chi connectivity index (χ1n) is 12.9. The minimum atomic E-state index is -1.33. The maximum absolute atomic E-state index is 11.1. The first-order chi connectivity index (χ1) is 19.0. The maximum Gasteiger partial charge on any atom is 0.511 e. The number of hydrogen-bond donors (Lipinski definition) is 1. The molecule has 0 aliphatic rings. The van der Waals surface area contributed by atoms with Crippen LogP contribution in [0.3, 0.4) is 0 Å². The Morgan fingerprint density at radius 1 is 0.923 bits per heavy atom. The molecule has 3 heterocycles. The van der Waals surface area contributed by atoms with E-state index in [4.69, 9.17) is 19.8 Å². The molecule has 0 fully saturated rings. The zero-order valence-electron chi connectivity index (χ0n) is 21.7. The summed E-state index contributed by atoms with van der Waals surface area (Å²) >= 11 is 0. The van der Waals surface area contributed by atoms with Gasteiger partial charge in [0.2, 0.25) is 0 Å². The van der Waals surface area contributed by atoms with Gasteiger partial charge in [-0.1, -0.05) is 49.4 Å². The number of nitrogens with zero attached hydrogens (tertiary/aromatic N) is 5. The summed E-state index contributed by atoms with van der Waals surface area (Å²) in [5.41, 5.74) is 7.47. The lowest BCUT2D eigenvalue weighted by Gasteiger charge is -2.12. The Hall–Kier alpha value is -4.98. The second-order valence-corrected chi connectivity index (χ2v) is 9.47. The van der Waals surface area contributed by atoms with Crippen molar-refractivity contribution in [2.24, 2.45) is 7.05 Å². The molecule has 39 heavy (non-hydrogen) atoms. The number of para-hydroxylation sites is 1. The van der Waals surface area contributed by atoms with Gasteiger partial charge in [-0.2, -0.15) is 0 Å². The van der Waals surface area contributed by atoms with E-state index in [0.717, 1.165) is 68.9 Å².